The molecule has 0 aromatic carbocycles. The molecule has 0 aliphatic carbocycles. The van der Waals surface area contributed by atoms with E-state index in [0.29, 0.717) is 18.8 Å². The smallest absolute Gasteiger partial charge is 0.404 e. The maximum atomic E-state index is 12.0. The van der Waals surface area contributed by atoms with Gasteiger partial charge in [-0.1, -0.05) is 97.1 Å². The summed E-state index contributed by atoms with van der Waals surface area (Å²) in [6.07, 6.45) is 9.14. The highest BCUT2D eigenvalue weighted by Crippen LogP contribution is 2.29. The average molecular weight is 577 g/mol. The zero-order valence-corrected chi connectivity index (χ0v) is 26.4. The minimum Gasteiger partial charge on any atom is -0.445 e. The van der Waals surface area contributed by atoms with Crippen LogP contribution in [-0.4, -0.2) is 57.8 Å². The lowest BCUT2D eigenvalue weighted by atomic mass is 9.81. The van der Waals surface area contributed by atoms with Gasteiger partial charge in [-0.05, 0) is 38.0 Å². The SMILES string of the molecule is C=C/C=C\[C@H](C)[C@H](OC(N)=O)[C@@H](C)[C@H](O)[C@@H](C)C/C(C)=C\[C@H](C)[C@@H](O)[C@@H](C)/C=C\[C@@H](O)C[C@@H]1NC(=O)[C@H](C)C[C@H]1C. The Balaban J connectivity index is 2.74. The number of nitrogens with one attached hydrogen (secondary N) is 1. The highest BCUT2D eigenvalue weighted by Gasteiger charge is 2.34. The summed E-state index contributed by atoms with van der Waals surface area (Å²) in [6, 6.07) is -0.0624. The molecule has 2 amide bonds. The first kappa shape index (κ1) is 36.6. The number of amides is 2. The number of carbonyl (C=O) groups is 2. The fourth-order valence-corrected chi connectivity index (χ4v) is 5.97. The van der Waals surface area contributed by atoms with Crippen molar-refractivity contribution in [2.24, 2.45) is 47.2 Å². The first-order chi connectivity index (χ1) is 19.1. The molecule has 1 heterocycles. The molecule has 1 saturated heterocycles. The second-order valence-electron chi connectivity index (χ2n) is 12.6. The van der Waals surface area contributed by atoms with Crippen LogP contribution < -0.4 is 11.1 Å². The molecule has 1 fully saturated rings. The van der Waals surface area contributed by atoms with Gasteiger partial charge in [0.15, 0.2) is 0 Å². The molecular weight excluding hydrogens is 520 g/mol. The van der Waals surface area contributed by atoms with Crippen molar-refractivity contribution in [1.82, 2.24) is 5.32 Å². The normalized spacial score (nSPS) is 26.9. The van der Waals surface area contributed by atoms with E-state index in [1.54, 1.807) is 18.2 Å². The predicted octanol–water partition coefficient (Wildman–Crippen LogP) is 4.90. The molecule has 8 heteroatoms. The summed E-state index contributed by atoms with van der Waals surface area (Å²) in [7, 11) is 0. The van der Waals surface area contributed by atoms with Crippen LogP contribution in [0.3, 0.4) is 0 Å². The van der Waals surface area contributed by atoms with Crippen LogP contribution in [0.2, 0.25) is 0 Å². The molecule has 12 atom stereocenters. The third-order valence-electron chi connectivity index (χ3n) is 8.55. The van der Waals surface area contributed by atoms with Crippen LogP contribution in [0.4, 0.5) is 4.79 Å². The number of allylic oxidation sites excluding steroid dienone is 3. The topological polar surface area (TPSA) is 142 Å². The molecule has 0 spiro atoms. The molecule has 1 rings (SSSR count). The Hall–Kier alpha value is -2.42. The Morgan fingerprint density at radius 1 is 1.05 bits per heavy atom. The van der Waals surface area contributed by atoms with E-state index in [9.17, 15) is 24.9 Å². The maximum Gasteiger partial charge on any atom is 0.404 e. The molecule has 0 radical (unpaired) electrons. The molecule has 6 N–H and O–H groups in total. The highest BCUT2D eigenvalue weighted by molar-refractivity contribution is 5.79. The first-order valence-electron chi connectivity index (χ1n) is 15.0. The third kappa shape index (κ3) is 12.1. The van der Waals surface area contributed by atoms with E-state index in [-0.39, 0.29) is 47.5 Å². The van der Waals surface area contributed by atoms with Crippen LogP contribution in [-0.2, 0) is 9.53 Å². The van der Waals surface area contributed by atoms with E-state index in [1.165, 1.54) is 0 Å². The van der Waals surface area contributed by atoms with Gasteiger partial charge in [-0.15, -0.1) is 0 Å². The number of piperidine rings is 1. The monoisotopic (exact) mass is 576 g/mol. The van der Waals surface area contributed by atoms with Crippen molar-refractivity contribution in [2.45, 2.75) is 105 Å². The predicted molar refractivity (Wildman–Crippen MR) is 165 cm³/mol. The molecule has 0 bridgehead atoms. The van der Waals surface area contributed by atoms with Gasteiger partial charge in [-0.3, -0.25) is 4.79 Å². The minimum absolute atomic E-state index is 0.00182. The fraction of sp³-hybridized carbons (Fsp3) is 0.697. The Labute approximate surface area is 247 Å². The van der Waals surface area contributed by atoms with Gasteiger partial charge in [0.1, 0.15) is 6.10 Å². The van der Waals surface area contributed by atoms with Crippen LogP contribution in [0.15, 0.2) is 48.6 Å². The highest BCUT2D eigenvalue weighted by atomic mass is 16.6. The molecule has 0 aromatic rings. The van der Waals surface area contributed by atoms with Gasteiger partial charge in [-0.25, -0.2) is 4.79 Å². The van der Waals surface area contributed by atoms with Gasteiger partial charge in [0.2, 0.25) is 5.91 Å². The van der Waals surface area contributed by atoms with E-state index in [2.05, 4.69) is 18.8 Å². The van der Waals surface area contributed by atoms with Crippen molar-refractivity contribution in [3.63, 3.8) is 0 Å². The minimum atomic E-state index is -0.875. The van der Waals surface area contributed by atoms with Gasteiger partial charge < -0.3 is 31.1 Å². The number of aliphatic hydroxyl groups excluding tert-OH is 3. The molecular formula is C33H56N2O6. The molecule has 1 aliphatic rings. The van der Waals surface area contributed by atoms with Gasteiger partial charge >= 0.3 is 6.09 Å². The van der Waals surface area contributed by atoms with E-state index in [1.807, 2.05) is 66.7 Å². The molecule has 8 nitrogen and oxygen atoms in total. The lowest BCUT2D eigenvalue weighted by molar-refractivity contribution is -0.128. The van der Waals surface area contributed by atoms with Crippen molar-refractivity contribution < 1.29 is 29.6 Å². The number of rotatable bonds is 16. The molecule has 0 unspecified atom stereocenters. The van der Waals surface area contributed by atoms with E-state index >= 15 is 0 Å². The van der Waals surface area contributed by atoms with Crippen molar-refractivity contribution in [1.29, 1.82) is 0 Å². The molecule has 0 aromatic heterocycles. The Morgan fingerprint density at radius 3 is 2.27 bits per heavy atom. The summed E-state index contributed by atoms with van der Waals surface area (Å²) in [6.45, 7) is 19.2. The summed E-state index contributed by atoms with van der Waals surface area (Å²) < 4.78 is 5.37. The zero-order valence-electron chi connectivity index (χ0n) is 26.4. The molecule has 1 aliphatic heterocycles. The third-order valence-corrected chi connectivity index (χ3v) is 8.55. The van der Waals surface area contributed by atoms with E-state index in [0.717, 1.165) is 12.0 Å². The summed E-state index contributed by atoms with van der Waals surface area (Å²) in [5.74, 6) is -0.659. The number of carbonyl (C=O) groups excluding carboxylic acids is 2. The Morgan fingerprint density at radius 2 is 1.68 bits per heavy atom. The Bertz CT molecular complexity index is 931. The van der Waals surface area contributed by atoms with E-state index < -0.39 is 30.5 Å². The summed E-state index contributed by atoms with van der Waals surface area (Å²) in [5, 5.41) is 35.6. The fourth-order valence-electron chi connectivity index (χ4n) is 5.97. The molecule has 234 valence electrons. The number of aliphatic hydroxyl groups is 3. The van der Waals surface area contributed by atoms with Crippen LogP contribution in [0.1, 0.15) is 74.7 Å². The van der Waals surface area contributed by atoms with Crippen LogP contribution in [0.5, 0.6) is 0 Å². The zero-order chi connectivity index (χ0) is 31.4. The maximum absolute atomic E-state index is 12.0. The summed E-state index contributed by atoms with van der Waals surface area (Å²) in [5.41, 5.74) is 6.34. The summed E-state index contributed by atoms with van der Waals surface area (Å²) in [4.78, 5) is 23.5. The second-order valence-corrected chi connectivity index (χ2v) is 12.6. The summed E-state index contributed by atoms with van der Waals surface area (Å²) >= 11 is 0. The number of primary amides is 1. The lowest BCUT2D eigenvalue weighted by Crippen LogP contribution is -2.49. The van der Waals surface area contributed by atoms with Crippen LogP contribution in [0, 0.1) is 41.4 Å². The van der Waals surface area contributed by atoms with Crippen molar-refractivity contribution >= 4 is 12.0 Å². The Kier molecular flexibility index (Phi) is 15.6. The molecule has 0 saturated carbocycles. The number of hydrogen-bond donors (Lipinski definition) is 5. The van der Waals surface area contributed by atoms with Gasteiger partial charge in [-0.2, -0.15) is 0 Å². The van der Waals surface area contributed by atoms with Gasteiger partial charge in [0.25, 0.3) is 0 Å². The number of hydrogen-bond acceptors (Lipinski definition) is 6. The second kappa shape index (κ2) is 17.5. The van der Waals surface area contributed by atoms with Crippen molar-refractivity contribution in [3.8, 4) is 0 Å². The largest absolute Gasteiger partial charge is 0.445 e. The van der Waals surface area contributed by atoms with Gasteiger partial charge in [0, 0.05) is 35.6 Å². The number of nitrogens with two attached hydrogens (primary N) is 1. The van der Waals surface area contributed by atoms with Crippen LogP contribution >= 0.6 is 0 Å². The van der Waals surface area contributed by atoms with E-state index in [4.69, 9.17) is 10.5 Å². The van der Waals surface area contributed by atoms with Crippen LogP contribution in [0.25, 0.3) is 0 Å². The number of ether oxygens (including phenoxy) is 1. The standard InChI is InChI=1S/C33H56N2O6/c1-10-11-12-21(4)31(41-33(34)40)26(9)30(38)24(7)16-19(2)15-23(6)29(37)20(3)13-14-27(36)18-28-22(5)17-25(8)32(39)35-28/h10-15,20-31,36-38H,1,16-18H2,2-9H3,(H2,34,40)(H,35,39)/b12-11-,14-13-,19-15-/t20-,21-,22+,23-,24-,25+,26-,27+,28-,29-,30+,31-/m0/s1. The first-order valence-corrected chi connectivity index (χ1v) is 15.0. The quantitative estimate of drug-likeness (QED) is 0.131. The van der Waals surface area contributed by atoms with Crippen molar-refractivity contribution in [2.75, 3.05) is 0 Å². The lowest BCUT2D eigenvalue weighted by Gasteiger charge is -2.34. The van der Waals surface area contributed by atoms with Gasteiger partial charge in [0.05, 0.1) is 18.3 Å². The van der Waals surface area contributed by atoms with Crippen molar-refractivity contribution in [3.05, 3.63) is 48.6 Å². The average Bonchev–Trinajstić information content (AvgIpc) is 2.90. The molecule has 41 heavy (non-hydrogen) atoms.